The fourth-order valence-electron chi connectivity index (χ4n) is 1.93. The van der Waals surface area contributed by atoms with Gasteiger partial charge in [-0.1, -0.05) is 30.1 Å². The molecule has 0 saturated heterocycles. The Bertz CT molecular complexity index is 516. The molecule has 0 aliphatic heterocycles. The molecule has 0 aliphatic rings. The Morgan fingerprint density at radius 3 is 2.45 bits per heavy atom. The highest BCUT2D eigenvalue weighted by molar-refractivity contribution is 6.33. The maximum Gasteiger partial charge on any atom is 0.323 e. The summed E-state index contributed by atoms with van der Waals surface area (Å²) in [5.74, 6) is -1.99. The summed E-state index contributed by atoms with van der Waals surface area (Å²) in [4.78, 5) is 23.7. The predicted molar refractivity (Wildman–Crippen MR) is 77.2 cm³/mol. The van der Waals surface area contributed by atoms with Crippen LogP contribution in [0.2, 0.25) is 10.0 Å². The van der Waals surface area contributed by atoms with Crippen molar-refractivity contribution in [3.63, 3.8) is 0 Å². The molecule has 6 heteroatoms. The average Bonchev–Trinajstić information content (AvgIpc) is 2.39. The standard InChI is InChI=1S/C14H16Cl2O4/c1-3-14(12(17)18,13(19)20-4-2)8-9-7-10(15)5-6-11(9)16/h5-7H,3-4,8H2,1-2H3,(H,17,18). The molecule has 1 atom stereocenters. The lowest BCUT2D eigenvalue weighted by Gasteiger charge is -2.26. The fourth-order valence-corrected chi connectivity index (χ4v) is 2.31. The van der Waals surface area contributed by atoms with E-state index in [0.29, 0.717) is 15.6 Å². The molecule has 0 heterocycles. The molecule has 1 N–H and O–H groups in total. The first-order valence-electron chi connectivity index (χ1n) is 6.22. The summed E-state index contributed by atoms with van der Waals surface area (Å²) in [5.41, 5.74) is -1.14. The zero-order valence-corrected chi connectivity index (χ0v) is 12.8. The Hall–Kier alpha value is -1.26. The number of ether oxygens (including phenoxy) is 1. The first kappa shape index (κ1) is 16.8. The van der Waals surface area contributed by atoms with Crippen LogP contribution in [0.15, 0.2) is 18.2 Å². The van der Waals surface area contributed by atoms with Crippen molar-refractivity contribution in [2.24, 2.45) is 5.41 Å². The summed E-state index contributed by atoms with van der Waals surface area (Å²) in [6.45, 7) is 3.38. The number of carboxylic acid groups (broad SMARTS) is 1. The smallest absolute Gasteiger partial charge is 0.323 e. The highest BCUT2D eigenvalue weighted by Crippen LogP contribution is 2.33. The van der Waals surface area contributed by atoms with Crippen LogP contribution in [-0.4, -0.2) is 23.7 Å². The second-order valence-corrected chi connectivity index (χ2v) is 5.22. The molecule has 1 unspecified atom stereocenters. The van der Waals surface area contributed by atoms with Gasteiger partial charge in [0, 0.05) is 16.5 Å². The number of benzene rings is 1. The second-order valence-electron chi connectivity index (χ2n) is 4.37. The third kappa shape index (κ3) is 3.44. The van der Waals surface area contributed by atoms with Gasteiger partial charge in [0.15, 0.2) is 5.41 Å². The molecule has 110 valence electrons. The Morgan fingerprint density at radius 1 is 1.30 bits per heavy atom. The van der Waals surface area contributed by atoms with Gasteiger partial charge >= 0.3 is 11.9 Å². The summed E-state index contributed by atoms with van der Waals surface area (Å²) in [6.07, 6.45) is 0.0427. The lowest BCUT2D eigenvalue weighted by molar-refractivity contribution is -0.168. The van der Waals surface area contributed by atoms with E-state index in [0.717, 1.165) is 0 Å². The monoisotopic (exact) mass is 318 g/mol. The van der Waals surface area contributed by atoms with Gasteiger partial charge in [0.1, 0.15) is 0 Å². The van der Waals surface area contributed by atoms with Crippen LogP contribution in [0.1, 0.15) is 25.8 Å². The molecule has 0 fully saturated rings. The van der Waals surface area contributed by atoms with Crippen LogP contribution in [0, 0.1) is 5.41 Å². The summed E-state index contributed by atoms with van der Waals surface area (Å²) in [6, 6.07) is 4.75. The number of carboxylic acids is 1. The van der Waals surface area contributed by atoms with Crippen molar-refractivity contribution in [2.45, 2.75) is 26.7 Å². The van der Waals surface area contributed by atoms with E-state index in [-0.39, 0.29) is 19.4 Å². The third-order valence-electron chi connectivity index (χ3n) is 3.18. The van der Waals surface area contributed by atoms with Crippen LogP contribution in [0.4, 0.5) is 0 Å². The molecule has 1 aromatic carbocycles. The van der Waals surface area contributed by atoms with Crippen molar-refractivity contribution in [1.82, 2.24) is 0 Å². The lowest BCUT2D eigenvalue weighted by Crippen LogP contribution is -2.42. The van der Waals surface area contributed by atoms with Crippen molar-refractivity contribution >= 4 is 35.1 Å². The minimum Gasteiger partial charge on any atom is -0.480 e. The number of halogens is 2. The number of hydrogen-bond donors (Lipinski definition) is 1. The molecule has 0 radical (unpaired) electrons. The largest absolute Gasteiger partial charge is 0.480 e. The van der Waals surface area contributed by atoms with Gasteiger partial charge in [-0.25, -0.2) is 0 Å². The predicted octanol–water partition coefficient (Wildman–Crippen LogP) is 3.58. The van der Waals surface area contributed by atoms with E-state index in [2.05, 4.69) is 0 Å². The zero-order valence-electron chi connectivity index (χ0n) is 11.3. The molecule has 0 bridgehead atoms. The minimum atomic E-state index is -1.65. The summed E-state index contributed by atoms with van der Waals surface area (Å²) in [5, 5.41) is 10.3. The normalized spacial score (nSPS) is 13.6. The molecule has 4 nitrogen and oxygen atoms in total. The fraction of sp³-hybridized carbons (Fsp3) is 0.429. The van der Waals surface area contributed by atoms with E-state index in [1.807, 2.05) is 0 Å². The molecule has 0 saturated carbocycles. The molecular formula is C14H16Cl2O4. The second kappa shape index (κ2) is 6.95. The molecule has 0 aromatic heterocycles. The molecule has 1 rings (SSSR count). The van der Waals surface area contributed by atoms with E-state index < -0.39 is 17.4 Å². The number of hydrogen-bond acceptors (Lipinski definition) is 3. The van der Waals surface area contributed by atoms with Crippen molar-refractivity contribution < 1.29 is 19.4 Å². The highest BCUT2D eigenvalue weighted by atomic mass is 35.5. The van der Waals surface area contributed by atoms with Crippen molar-refractivity contribution in [1.29, 1.82) is 0 Å². The van der Waals surface area contributed by atoms with Crippen molar-refractivity contribution in [3.05, 3.63) is 33.8 Å². The highest BCUT2D eigenvalue weighted by Gasteiger charge is 2.46. The number of aliphatic carboxylic acids is 1. The van der Waals surface area contributed by atoms with Crippen LogP contribution in [0.25, 0.3) is 0 Å². The van der Waals surface area contributed by atoms with Gasteiger partial charge < -0.3 is 9.84 Å². The maximum absolute atomic E-state index is 12.1. The molecule has 1 aromatic rings. The topological polar surface area (TPSA) is 63.6 Å². The Kier molecular flexibility index (Phi) is 5.84. The van der Waals surface area contributed by atoms with E-state index in [1.54, 1.807) is 32.0 Å². The summed E-state index contributed by atoms with van der Waals surface area (Å²) in [7, 11) is 0. The molecule has 0 aliphatic carbocycles. The maximum atomic E-state index is 12.1. The summed E-state index contributed by atoms with van der Waals surface area (Å²) >= 11 is 11.9. The van der Waals surface area contributed by atoms with Crippen molar-refractivity contribution in [2.75, 3.05) is 6.61 Å². The van der Waals surface area contributed by atoms with E-state index in [1.165, 1.54) is 0 Å². The zero-order chi connectivity index (χ0) is 15.3. The van der Waals surface area contributed by atoms with Crippen LogP contribution in [0.5, 0.6) is 0 Å². The molecule has 20 heavy (non-hydrogen) atoms. The van der Waals surface area contributed by atoms with Gasteiger partial charge in [0.2, 0.25) is 0 Å². The number of carbonyl (C=O) groups excluding carboxylic acids is 1. The van der Waals surface area contributed by atoms with Crippen LogP contribution in [-0.2, 0) is 20.7 Å². The van der Waals surface area contributed by atoms with Crippen molar-refractivity contribution in [3.8, 4) is 0 Å². The third-order valence-corrected chi connectivity index (χ3v) is 3.78. The number of esters is 1. The van der Waals surface area contributed by atoms with E-state index in [4.69, 9.17) is 27.9 Å². The van der Waals surface area contributed by atoms with Crippen LogP contribution < -0.4 is 0 Å². The van der Waals surface area contributed by atoms with Gasteiger partial charge in [0.05, 0.1) is 6.61 Å². The SMILES string of the molecule is CCOC(=O)C(CC)(Cc1cc(Cl)ccc1Cl)C(=O)O. The molecule has 0 amide bonds. The van der Waals surface area contributed by atoms with Crippen LogP contribution >= 0.6 is 23.2 Å². The Labute approximate surface area is 127 Å². The number of rotatable bonds is 6. The lowest BCUT2D eigenvalue weighted by atomic mass is 9.79. The Morgan fingerprint density at radius 2 is 1.95 bits per heavy atom. The van der Waals surface area contributed by atoms with Gasteiger partial charge in [0.25, 0.3) is 0 Å². The van der Waals surface area contributed by atoms with Gasteiger partial charge in [-0.2, -0.15) is 0 Å². The van der Waals surface area contributed by atoms with E-state index >= 15 is 0 Å². The minimum absolute atomic E-state index is 0.0585. The summed E-state index contributed by atoms with van der Waals surface area (Å²) < 4.78 is 4.91. The average molecular weight is 319 g/mol. The molecular weight excluding hydrogens is 303 g/mol. The first-order chi connectivity index (χ1) is 9.37. The van der Waals surface area contributed by atoms with E-state index in [9.17, 15) is 14.7 Å². The Balaban J connectivity index is 3.22. The van der Waals surface area contributed by atoms with Crippen LogP contribution in [0.3, 0.4) is 0 Å². The molecule has 0 spiro atoms. The number of carbonyl (C=O) groups is 2. The van der Waals surface area contributed by atoms with Gasteiger partial charge in [-0.15, -0.1) is 0 Å². The van der Waals surface area contributed by atoms with Gasteiger partial charge in [-0.3, -0.25) is 9.59 Å². The first-order valence-corrected chi connectivity index (χ1v) is 6.97. The quantitative estimate of drug-likeness (QED) is 0.643. The van der Waals surface area contributed by atoms with Gasteiger partial charge in [-0.05, 0) is 37.1 Å².